The minimum Gasteiger partial charge on any atom is -0.285 e. The van der Waals surface area contributed by atoms with Gasteiger partial charge in [0.05, 0.1) is 11.1 Å². The Morgan fingerprint density at radius 2 is 1.60 bits per heavy atom. The summed E-state index contributed by atoms with van der Waals surface area (Å²) in [4.78, 5) is 4.55. The van der Waals surface area contributed by atoms with Gasteiger partial charge in [-0.15, -0.1) is 0 Å². The molecule has 0 aliphatic carbocycles. The van der Waals surface area contributed by atoms with Crippen LogP contribution in [0.3, 0.4) is 0 Å². The molecular formula is C23H14F4N2S. The van der Waals surface area contributed by atoms with Crippen LogP contribution in [0.5, 0.6) is 0 Å². The quantitative estimate of drug-likeness (QED) is 0.257. The van der Waals surface area contributed by atoms with Crippen molar-refractivity contribution in [2.24, 2.45) is 0 Å². The zero-order valence-corrected chi connectivity index (χ0v) is 16.2. The number of halogens is 4. The molecule has 0 amide bonds. The normalized spacial score (nSPS) is 12.0. The Balaban J connectivity index is 1.96. The molecule has 0 saturated heterocycles. The van der Waals surface area contributed by atoms with E-state index in [0.29, 0.717) is 26.9 Å². The highest BCUT2D eigenvalue weighted by Crippen LogP contribution is 2.31. The van der Waals surface area contributed by atoms with Gasteiger partial charge >= 0.3 is 6.18 Å². The zero-order chi connectivity index (χ0) is 21.3. The van der Waals surface area contributed by atoms with Crippen LogP contribution in [0, 0.1) is 10.5 Å². The fourth-order valence-electron chi connectivity index (χ4n) is 3.11. The number of nitrogens with zero attached hydrogens (tertiary/aromatic N) is 2. The average molecular weight is 426 g/mol. The van der Waals surface area contributed by atoms with Gasteiger partial charge in [-0.2, -0.15) is 13.2 Å². The maximum atomic E-state index is 14.0. The van der Waals surface area contributed by atoms with E-state index in [1.54, 1.807) is 48.5 Å². The van der Waals surface area contributed by atoms with Gasteiger partial charge < -0.3 is 0 Å². The van der Waals surface area contributed by atoms with Crippen molar-refractivity contribution in [1.82, 2.24) is 9.55 Å². The van der Waals surface area contributed by atoms with Gasteiger partial charge in [0.25, 0.3) is 0 Å². The first-order valence-electron chi connectivity index (χ1n) is 8.96. The van der Waals surface area contributed by atoms with E-state index >= 15 is 0 Å². The minimum absolute atomic E-state index is 0.223. The molecule has 0 unspecified atom stereocenters. The van der Waals surface area contributed by atoms with Crippen molar-refractivity contribution in [2.45, 2.75) is 6.18 Å². The first-order chi connectivity index (χ1) is 14.3. The fourth-order valence-corrected chi connectivity index (χ4v) is 3.48. The van der Waals surface area contributed by atoms with E-state index in [1.165, 1.54) is 28.8 Å². The molecule has 3 aromatic carbocycles. The van der Waals surface area contributed by atoms with Gasteiger partial charge in [0.1, 0.15) is 16.3 Å². The molecule has 7 heteroatoms. The lowest BCUT2D eigenvalue weighted by Crippen LogP contribution is -2.09. The molecule has 30 heavy (non-hydrogen) atoms. The van der Waals surface area contributed by atoms with Gasteiger partial charge in [-0.25, -0.2) is 9.37 Å². The van der Waals surface area contributed by atoms with Crippen molar-refractivity contribution in [3.63, 3.8) is 0 Å². The largest absolute Gasteiger partial charge is 0.416 e. The molecule has 1 aromatic heterocycles. The van der Waals surface area contributed by atoms with E-state index in [9.17, 15) is 17.6 Å². The molecule has 4 aromatic rings. The van der Waals surface area contributed by atoms with Crippen LogP contribution in [-0.2, 0) is 6.18 Å². The summed E-state index contributed by atoms with van der Waals surface area (Å²) in [6.07, 6.45) is -1.43. The van der Waals surface area contributed by atoms with Gasteiger partial charge in [-0.3, -0.25) is 4.57 Å². The summed E-state index contributed by atoms with van der Waals surface area (Å²) in [6, 6.07) is 18.2. The molecule has 1 heterocycles. The molecule has 150 valence electrons. The molecule has 0 saturated carbocycles. The first kappa shape index (κ1) is 20.0. The number of aromatic nitrogens is 2. The summed E-state index contributed by atoms with van der Waals surface area (Å²) in [6.45, 7) is 0. The highest BCUT2D eigenvalue weighted by molar-refractivity contribution is 7.71. The number of hydrogen-bond donors (Lipinski definition) is 0. The molecule has 0 N–H and O–H groups in total. The SMILES string of the molecule is Fc1ccccc1/C=C/c1nc2ccccc2c(=S)n1-c1cccc(C(F)(F)F)c1. The van der Waals surface area contributed by atoms with Crippen LogP contribution >= 0.6 is 12.2 Å². The second-order valence-electron chi connectivity index (χ2n) is 6.53. The molecule has 0 fully saturated rings. The maximum Gasteiger partial charge on any atom is 0.416 e. The first-order valence-corrected chi connectivity index (χ1v) is 9.37. The monoisotopic (exact) mass is 426 g/mol. The molecule has 0 spiro atoms. The lowest BCUT2D eigenvalue weighted by atomic mass is 10.1. The number of rotatable bonds is 3. The van der Waals surface area contributed by atoms with Crippen molar-refractivity contribution < 1.29 is 17.6 Å². The Kier molecular flexibility index (Phi) is 5.22. The predicted molar refractivity (Wildman–Crippen MR) is 112 cm³/mol. The van der Waals surface area contributed by atoms with Gasteiger partial charge in [-0.05, 0) is 48.6 Å². The summed E-state index contributed by atoms with van der Waals surface area (Å²) in [5.74, 6) is -0.125. The molecular weight excluding hydrogens is 412 g/mol. The lowest BCUT2D eigenvalue weighted by Gasteiger charge is -2.15. The molecule has 0 aliphatic rings. The van der Waals surface area contributed by atoms with Crippen LogP contribution in [0.25, 0.3) is 28.7 Å². The van der Waals surface area contributed by atoms with Crippen LogP contribution in [0.2, 0.25) is 0 Å². The van der Waals surface area contributed by atoms with Crippen LogP contribution in [-0.4, -0.2) is 9.55 Å². The van der Waals surface area contributed by atoms with E-state index in [4.69, 9.17) is 12.2 Å². The summed E-state index contributed by atoms with van der Waals surface area (Å²) >= 11 is 5.59. The Hall–Kier alpha value is -3.32. The molecule has 4 rings (SSSR count). The van der Waals surface area contributed by atoms with Gasteiger partial charge in [0.15, 0.2) is 0 Å². The zero-order valence-electron chi connectivity index (χ0n) is 15.4. The number of para-hydroxylation sites is 1. The Bertz CT molecular complexity index is 1320. The van der Waals surface area contributed by atoms with Crippen LogP contribution in [0.15, 0.2) is 72.8 Å². The van der Waals surface area contributed by atoms with Crippen LogP contribution in [0.4, 0.5) is 17.6 Å². The maximum absolute atomic E-state index is 14.0. The number of alkyl halides is 3. The fraction of sp³-hybridized carbons (Fsp3) is 0.0435. The summed E-state index contributed by atoms with van der Waals surface area (Å²) in [7, 11) is 0. The van der Waals surface area contributed by atoms with Crippen molar-refractivity contribution in [1.29, 1.82) is 0 Å². The summed E-state index contributed by atoms with van der Waals surface area (Å²) in [5.41, 5.74) is 0.355. The molecule has 0 atom stereocenters. The Labute approximate surface area is 174 Å². The van der Waals surface area contributed by atoms with Gasteiger partial charge in [0, 0.05) is 16.6 Å². The predicted octanol–water partition coefficient (Wildman–Crippen LogP) is 7.08. The third-order valence-corrected chi connectivity index (χ3v) is 4.95. The third-order valence-electron chi connectivity index (χ3n) is 4.55. The number of fused-ring (bicyclic) bond motifs is 1. The lowest BCUT2D eigenvalue weighted by molar-refractivity contribution is -0.137. The van der Waals surface area contributed by atoms with Crippen LogP contribution < -0.4 is 0 Å². The molecule has 2 nitrogen and oxygen atoms in total. The summed E-state index contributed by atoms with van der Waals surface area (Å²) in [5, 5.41) is 0.632. The second-order valence-corrected chi connectivity index (χ2v) is 6.92. The number of hydrogen-bond acceptors (Lipinski definition) is 2. The molecule has 0 radical (unpaired) electrons. The van der Waals surface area contributed by atoms with E-state index in [2.05, 4.69) is 4.98 Å². The smallest absolute Gasteiger partial charge is 0.285 e. The summed E-state index contributed by atoms with van der Waals surface area (Å²) < 4.78 is 55.5. The van der Waals surface area contributed by atoms with Crippen molar-refractivity contribution >= 4 is 35.3 Å². The third kappa shape index (κ3) is 3.89. The topological polar surface area (TPSA) is 17.8 Å². The average Bonchev–Trinajstić information content (AvgIpc) is 2.73. The standard InChI is InChI=1S/C23H14F4N2S/c24-19-10-3-1-6-15(19)12-13-21-28-20-11-4-2-9-18(20)22(30)29(21)17-8-5-7-16(14-17)23(25,26)27/h1-14H/b13-12+. The van der Waals surface area contributed by atoms with Gasteiger partial charge in [0.2, 0.25) is 0 Å². The van der Waals surface area contributed by atoms with E-state index in [0.717, 1.165) is 12.1 Å². The minimum atomic E-state index is -4.49. The Morgan fingerprint density at radius 3 is 2.37 bits per heavy atom. The number of benzene rings is 3. The van der Waals surface area contributed by atoms with Gasteiger partial charge in [-0.1, -0.05) is 48.6 Å². The van der Waals surface area contributed by atoms with Crippen molar-refractivity contribution in [2.75, 3.05) is 0 Å². The van der Waals surface area contributed by atoms with E-state index in [1.807, 2.05) is 0 Å². The van der Waals surface area contributed by atoms with E-state index < -0.39 is 17.6 Å². The molecule has 0 bridgehead atoms. The van der Waals surface area contributed by atoms with Crippen LogP contribution in [0.1, 0.15) is 17.0 Å². The van der Waals surface area contributed by atoms with Crippen molar-refractivity contribution in [3.8, 4) is 5.69 Å². The highest BCUT2D eigenvalue weighted by atomic mass is 32.1. The highest BCUT2D eigenvalue weighted by Gasteiger charge is 2.30. The molecule has 0 aliphatic heterocycles. The Morgan fingerprint density at radius 1 is 0.867 bits per heavy atom. The second kappa shape index (κ2) is 7.84. The van der Waals surface area contributed by atoms with E-state index in [-0.39, 0.29) is 5.69 Å². The van der Waals surface area contributed by atoms with Crippen molar-refractivity contribution in [3.05, 3.63) is 100 Å².